The Morgan fingerprint density at radius 3 is 2.50 bits per heavy atom. The molecule has 0 bridgehead atoms. The topological polar surface area (TPSA) is 21.3 Å². The summed E-state index contributed by atoms with van der Waals surface area (Å²) >= 11 is 3.51. The van der Waals surface area contributed by atoms with Gasteiger partial charge in [-0.15, -0.1) is 6.42 Å². The molecule has 108 valence electrons. The molecule has 0 saturated heterocycles. The van der Waals surface area contributed by atoms with Crippen molar-refractivity contribution >= 4 is 15.9 Å². The largest absolute Gasteiger partial charge is 0.481 e. The highest BCUT2D eigenvalue weighted by Crippen LogP contribution is 2.62. The van der Waals surface area contributed by atoms with Gasteiger partial charge in [-0.05, 0) is 29.0 Å². The van der Waals surface area contributed by atoms with Gasteiger partial charge in [-0.25, -0.2) is 0 Å². The molecular formula is C17H22BrNO. The lowest BCUT2D eigenvalue weighted by Gasteiger charge is -2.12. The fraction of sp³-hybridized carbons (Fsp3) is 0.529. The van der Waals surface area contributed by atoms with E-state index >= 15 is 0 Å². The molecule has 0 unspecified atom stereocenters. The van der Waals surface area contributed by atoms with Crippen molar-refractivity contribution in [3.63, 3.8) is 0 Å². The van der Waals surface area contributed by atoms with E-state index in [1.54, 1.807) is 0 Å². The third kappa shape index (κ3) is 2.73. The number of benzene rings is 1. The fourth-order valence-electron chi connectivity index (χ4n) is 2.87. The second-order valence-electron chi connectivity index (χ2n) is 6.50. The van der Waals surface area contributed by atoms with Crippen LogP contribution in [0.3, 0.4) is 0 Å². The van der Waals surface area contributed by atoms with Crippen LogP contribution in [0, 0.1) is 23.2 Å². The van der Waals surface area contributed by atoms with Crippen molar-refractivity contribution in [2.24, 2.45) is 10.8 Å². The monoisotopic (exact) mass is 335 g/mol. The maximum atomic E-state index is 5.60. The Labute approximate surface area is 130 Å². The van der Waals surface area contributed by atoms with E-state index in [1.165, 1.54) is 0 Å². The summed E-state index contributed by atoms with van der Waals surface area (Å²) in [5.41, 5.74) is 1.80. The zero-order valence-corrected chi connectivity index (χ0v) is 14.2. The summed E-state index contributed by atoms with van der Waals surface area (Å²) in [5, 5.41) is 3.64. The van der Waals surface area contributed by atoms with Crippen LogP contribution in [0.4, 0.5) is 0 Å². The predicted molar refractivity (Wildman–Crippen MR) is 86.7 cm³/mol. The van der Waals surface area contributed by atoms with Crippen LogP contribution in [0.1, 0.15) is 33.3 Å². The molecule has 1 aromatic rings. The van der Waals surface area contributed by atoms with Crippen molar-refractivity contribution < 1.29 is 4.74 Å². The Balaban J connectivity index is 2.06. The minimum absolute atomic E-state index is 0.301. The first kappa shape index (κ1) is 15.4. The molecule has 20 heavy (non-hydrogen) atoms. The van der Waals surface area contributed by atoms with E-state index < -0.39 is 0 Å². The number of rotatable bonds is 5. The van der Waals surface area contributed by atoms with Gasteiger partial charge in [0.2, 0.25) is 0 Å². The quantitative estimate of drug-likeness (QED) is 0.821. The highest BCUT2D eigenvalue weighted by atomic mass is 79.9. The van der Waals surface area contributed by atoms with Gasteiger partial charge in [-0.2, -0.15) is 0 Å². The van der Waals surface area contributed by atoms with E-state index in [-0.39, 0.29) is 0 Å². The van der Waals surface area contributed by atoms with Crippen molar-refractivity contribution in [2.45, 2.75) is 40.3 Å². The second kappa shape index (κ2) is 5.42. The van der Waals surface area contributed by atoms with Crippen LogP contribution in [0.25, 0.3) is 0 Å². The van der Waals surface area contributed by atoms with E-state index in [4.69, 9.17) is 11.2 Å². The molecule has 0 amide bonds. The van der Waals surface area contributed by atoms with Gasteiger partial charge in [0.15, 0.2) is 0 Å². The predicted octanol–water partition coefficient (Wildman–Crippen LogP) is 3.99. The summed E-state index contributed by atoms with van der Waals surface area (Å²) in [5.74, 6) is 3.36. The summed E-state index contributed by atoms with van der Waals surface area (Å²) in [6.07, 6.45) is 5.26. The van der Waals surface area contributed by atoms with Crippen LogP contribution in [0.15, 0.2) is 22.7 Å². The molecule has 2 rings (SSSR count). The maximum absolute atomic E-state index is 5.60. The average molecular weight is 336 g/mol. The lowest BCUT2D eigenvalue weighted by Crippen LogP contribution is -2.22. The summed E-state index contributed by atoms with van der Waals surface area (Å²) in [6, 6.07) is 6.54. The molecule has 1 aliphatic rings. The second-order valence-corrected chi connectivity index (χ2v) is 7.42. The number of nitrogens with one attached hydrogen (secondary N) is 1. The van der Waals surface area contributed by atoms with E-state index in [0.29, 0.717) is 23.5 Å². The molecule has 0 spiro atoms. The Morgan fingerprint density at radius 2 is 1.95 bits per heavy atom. The first-order valence-corrected chi connectivity index (χ1v) is 7.68. The van der Waals surface area contributed by atoms with Crippen LogP contribution in [-0.2, 0) is 6.54 Å². The molecule has 2 nitrogen and oxygen atoms in total. The van der Waals surface area contributed by atoms with Crippen molar-refractivity contribution in [1.29, 1.82) is 0 Å². The molecule has 0 heterocycles. The van der Waals surface area contributed by atoms with Gasteiger partial charge < -0.3 is 10.1 Å². The molecule has 0 aromatic heterocycles. The molecular weight excluding hydrogens is 314 g/mol. The van der Waals surface area contributed by atoms with Crippen LogP contribution in [-0.4, -0.2) is 12.6 Å². The lowest BCUT2D eigenvalue weighted by atomic mass is 10.0. The van der Waals surface area contributed by atoms with Gasteiger partial charge in [0, 0.05) is 22.6 Å². The van der Waals surface area contributed by atoms with Gasteiger partial charge in [-0.1, -0.05) is 49.5 Å². The van der Waals surface area contributed by atoms with Gasteiger partial charge in [0.05, 0.1) is 0 Å². The Hall–Kier alpha value is -0.980. The zero-order chi connectivity index (χ0) is 15.0. The van der Waals surface area contributed by atoms with Gasteiger partial charge >= 0.3 is 0 Å². The van der Waals surface area contributed by atoms with Crippen LogP contribution < -0.4 is 10.1 Å². The first-order valence-electron chi connectivity index (χ1n) is 6.89. The summed E-state index contributed by atoms with van der Waals surface area (Å²) in [4.78, 5) is 0. The zero-order valence-electron chi connectivity index (χ0n) is 12.6. The average Bonchev–Trinajstić information content (AvgIpc) is 2.76. The number of halogens is 1. The highest BCUT2D eigenvalue weighted by Gasteiger charge is 2.64. The molecule has 1 fully saturated rings. The third-order valence-electron chi connectivity index (χ3n) is 4.85. The van der Waals surface area contributed by atoms with Crippen LogP contribution in [0.2, 0.25) is 0 Å². The summed E-state index contributed by atoms with van der Waals surface area (Å²) in [6.45, 7) is 10.3. The number of hydrogen-bond donors (Lipinski definition) is 1. The number of hydrogen-bond acceptors (Lipinski definition) is 2. The smallest absolute Gasteiger partial charge is 0.148 e. The van der Waals surface area contributed by atoms with Gasteiger partial charge in [0.25, 0.3) is 0 Å². The Bertz CT molecular complexity index is 528. The van der Waals surface area contributed by atoms with E-state index in [1.807, 2.05) is 12.1 Å². The molecule has 0 aliphatic heterocycles. The van der Waals surface area contributed by atoms with E-state index in [0.717, 1.165) is 22.3 Å². The molecule has 1 aromatic carbocycles. The number of terminal acetylenes is 1. The Morgan fingerprint density at radius 1 is 1.30 bits per heavy atom. The molecule has 3 heteroatoms. The molecule has 0 atom stereocenters. The lowest BCUT2D eigenvalue weighted by molar-refractivity contribution is 0.364. The van der Waals surface area contributed by atoms with E-state index in [2.05, 4.69) is 60.9 Å². The van der Waals surface area contributed by atoms with Crippen molar-refractivity contribution in [3.8, 4) is 18.1 Å². The maximum Gasteiger partial charge on any atom is 0.148 e. The van der Waals surface area contributed by atoms with Gasteiger partial charge in [0.1, 0.15) is 12.4 Å². The van der Waals surface area contributed by atoms with Crippen molar-refractivity contribution in [2.75, 3.05) is 6.61 Å². The molecule has 0 radical (unpaired) electrons. The highest BCUT2D eigenvalue weighted by molar-refractivity contribution is 9.10. The molecule has 1 saturated carbocycles. The van der Waals surface area contributed by atoms with Crippen molar-refractivity contribution in [3.05, 3.63) is 28.2 Å². The van der Waals surface area contributed by atoms with Crippen molar-refractivity contribution in [1.82, 2.24) is 5.32 Å². The van der Waals surface area contributed by atoms with Crippen LogP contribution >= 0.6 is 15.9 Å². The minimum Gasteiger partial charge on any atom is -0.481 e. The standard InChI is InChI=1S/C17H22BrNO/c1-6-9-20-14-8-7-13(18)10-12(14)11-19-15-16(2,3)17(15,4)5/h1,7-8,10,15,19H,9,11H2,2-5H3. The normalized spacial score (nSPS) is 19.4. The SMILES string of the molecule is C#CCOc1ccc(Br)cc1CNC1C(C)(C)C1(C)C. The summed E-state index contributed by atoms with van der Waals surface area (Å²) in [7, 11) is 0. The Kier molecular flexibility index (Phi) is 4.18. The third-order valence-corrected chi connectivity index (χ3v) is 5.34. The first-order chi connectivity index (χ1) is 9.30. The van der Waals surface area contributed by atoms with Gasteiger partial charge in [-0.3, -0.25) is 0 Å². The molecule has 1 N–H and O–H groups in total. The molecule has 1 aliphatic carbocycles. The summed E-state index contributed by atoms with van der Waals surface area (Å²) < 4.78 is 6.65. The fourth-order valence-corrected chi connectivity index (χ4v) is 3.27. The minimum atomic E-state index is 0.301. The van der Waals surface area contributed by atoms with E-state index in [9.17, 15) is 0 Å². The van der Waals surface area contributed by atoms with Crippen LogP contribution in [0.5, 0.6) is 5.75 Å². The number of ether oxygens (including phenoxy) is 1.